The molecule has 0 saturated carbocycles. The van der Waals surface area contributed by atoms with Crippen LogP contribution in [0.4, 0.5) is 5.69 Å². The van der Waals surface area contributed by atoms with Crippen LogP contribution in [0.25, 0.3) is 11.1 Å². The van der Waals surface area contributed by atoms with Crippen LogP contribution in [-0.4, -0.2) is 52.8 Å². The van der Waals surface area contributed by atoms with Crippen LogP contribution in [-0.2, 0) is 4.79 Å². The minimum absolute atomic E-state index is 0.145. The van der Waals surface area contributed by atoms with E-state index in [1.165, 1.54) is 0 Å². The lowest BCUT2D eigenvalue weighted by Crippen LogP contribution is -2.39. The predicted octanol–water partition coefficient (Wildman–Crippen LogP) is 5.43. The number of methoxy groups -OCH3 is 3. The first-order chi connectivity index (χ1) is 20.4. The van der Waals surface area contributed by atoms with Crippen molar-refractivity contribution in [3.63, 3.8) is 0 Å². The van der Waals surface area contributed by atoms with Crippen molar-refractivity contribution in [2.24, 2.45) is 0 Å². The van der Waals surface area contributed by atoms with Crippen LogP contribution in [0, 0.1) is 6.92 Å². The van der Waals surface area contributed by atoms with Crippen molar-refractivity contribution < 1.29 is 23.8 Å². The maximum absolute atomic E-state index is 13.4. The summed E-state index contributed by atoms with van der Waals surface area (Å²) in [5.74, 6) is 1.05. The van der Waals surface area contributed by atoms with Crippen molar-refractivity contribution in [3.8, 4) is 28.4 Å². The Balaban J connectivity index is 1.48. The van der Waals surface area contributed by atoms with Gasteiger partial charge in [-0.25, -0.2) is 0 Å². The summed E-state index contributed by atoms with van der Waals surface area (Å²) in [6, 6.07) is 28.4. The third-order valence-electron chi connectivity index (χ3n) is 6.93. The highest BCUT2D eigenvalue weighted by molar-refractivity contribution is 5.95. The number of para-hydroxylation sites is 1. The Kier molecular flexibility index (Phi) is 10.4. The molecule has 4 aromatic rings. The molecule has 4 aromatic carbocycles. The maximum atomic E-state index is 13.4. The van der Waals surface area contributed by atoms with Gasteiger partial charge in [-0.3, -0.25) is 9.59 Å². The Hall–Kier alpha value is -4.98. The maximum Gasteiger partial charge on any atom is 0.251 e. The van der Waals surface area contributed by atoms with Crippen molar-refractivity contribution in [1.82, 2.24) is 10.6 Å². The summed E-state index contributed by atoms with van der Waals surface area (Å²) < 4.78 is 16.2. The van der Waals surface area contributed by atoms with Gasteiger partial charge in [0.05, 0.1) is 27.2 Å². The zero-order valence-corrected chi connectivity index (χ0v) is 24.4. The summed E-state index contributed by atoms with van der Waals surface area (Å²) in [6.07, 6.45) is 0. The molecule has 8 heteroatoms. The molecule has 8 nitrogen and oxygen atoms in total. The Morgan fingerprint density at radius 3 is 2.17 bits per heavy atom. The highest BCUT2D eigenvalue weighted by atomic mass is 16.5. The summed E-state index contributed by atoms with van der Waals surface area (Å²) in [6.45, 7) is 3.03. The van der Waals surface area contributed by atoms with Crippen LogP contribution < -0.4 is 30.2 Å². The van der Waals surface area contributed by atoms with E-state index >= 15 is 0 Å². The van der Waals surface area contributed by atoms with Crippen LogP contribution in [0.2, 0.25) is 0 Å². The Morgan fingerprint density at radius 2 is 1.50 bits per heavy atom. The minimum atomic E-state index is -0.596. The molecule has 0 aromatic heterocycles. The van der Waals surface area contributed by atoms with Crippen molar-refractivity contribution >= 4 is 17.5 Å². The molecule has 0 spiro atoms. The summed E-state index contributed by atoms with van der Waals surface area (Å²) in [5, 5.41) is 9.25. The molecule has 0 aliphatic rings. The molecular weight excluding hydrogens is 530 g/mol. The molecular formula is C34H37N3O5. The molecule has 0 fully saturated rings. The number of benzene rings is 4. The van der Waals surface area contributed by atoms with Crippen LogP contribution >= 0.6 is 0 Å². The Morgan fingerprint density at radius 1 is 0.762 bits per heavy atom. The van der Waals surface area contributed by atoms with Gasteiger partial charge in [0.25, 0.3) is 5.91 Å². The lowest BCUT2D eigenvalue weighted by atomic mass is 9.94. The SMILES string of the molecule is COc1ccc(NCCNC(=O)C(CNC(=O)c2cccc(C)c2)c2ccc(-c3cccc(OC)c3OC)cc2)cc1. The van der Waals surface area contributed by atoms with E-state index in [-0.39, 0.29) is 18.4 Å². The zero-order chi connectivity index (χ0) is 29.9. The first-order valence-corrected chi connectivity index (χ1v) is 13.7. The fourth-order valence-corrected chi connectivity index (χ4v) is 4.68. The van der Waals surface area contributed by atoms with E-state index in [0.717, 1.165) is 33.7 Å². The van der Waals surface area contributed by atoms with Crippen LogP contribution in [0.3, 0.4) is 0 Å². The molecule has 0 aliphatic heterocycles. The van der Waals surface area contributed by atoms with Crippen molar-refractivity contribution in [3.05, 3.63) is 108 Å². The van der Waals surface area contributed by atoms with Crippen molar-refractivity contribution in [2.75, 3.05) is 46.3 Å². The van der Waals surface area contributed by atoms with E-state index in [9.17, 15) is 9.59 Å². The van der Waals surface area contributed by atoms with Gasteiger partial charge in [0, 0.05) is 36.4 Å². The number of carbonyl (C=O) groups excluding carboxylic acids is 2. The predicted molar refractivity (Wildman–Crippen MR) is 166 cm³/mol. The first kappa shape index (κ1) is 30.0. The van der Waals surface area contributed by atoms with Gasteiger partial charge in [0.2, 0.25) is 5.91 Å². The second-order valence-corrected chi connectivity index (χ2v) is 9.74. The number of anilines is 1. The minimum Gasteiger partial charge on any atom is -0.497 e. The Labute approximate surface area is 247 Å². The molecule has 0 radical (unpaired) electrons. The fraction of sp³-hybridized carbons (Fsp3) is 0.235. The van der Waals surface area contributed by atoms with Gasteiger partial charge in [-0.2, -0.15) is 0 Å². The molecule has 0 heterocycles. The number of hydrogen-bond acceptors (Lipinski definition) is 6. The summed E-state index contributed by atoms with van der Waals surface area (Å²) >= 11 is 0. The summed E-state index contributed by atoms with van der Waals surface area (Å²) in [4.78, 5) is 26.3. The fourth-order valence-electron chi connectivity index (χ4n) is 4.68. The third kappa shape index (κ3) is 7.60. The van der Waals surface area contributed by atoms with E-state index < -0.39 is 5.92 Å². The zero-order valence-electron chi connectivity index (χ0n) is 24.4. The molecule has 1 unspecified atom stereocenters. The average molecular weight is 568 g/mol. The van der Waals surface area contributed by atoms with E-state index in [0.29, 0.717) is 30.2 Å². The summed E-state index contributed by atoms with van der Waals surface area (Å²) in [5.41, 5.74) is 5.05. The molecule has 42 heavy (non-hydrogen) atoms. The van der Waals surface area contributed by atoms with Crippen LogP contribution in [0.5, 0.6) is 17.2 Å². The third-order valence-corrected chi connectivity index (χ3v) is 6.93. The lowest BCUT2D eigenvalue weighted by molar-refractivity contribution is -0.122. The summed E-state index contributed by atoms with van der Waals surface area (Å²) in [7, 11) is 4.84. The van der Waals surface area contributed by atoms with Gasteiger partial charge < -0.3 is 30.2 Å². The van der Waals surface area contributed by atoms with E-state index in [4.69, 9.17) is 14.2 Å². The molecule has 218 valence electrons. The van der Waals surface area contributed by atoms with Gasteiger partial charge in [-0.15, -0.1) is 0 Å². The first-order valence-electron chi connectivity index (χ1n) is 13.7. The molecule has 2 amide bonds. The average Bonchev–Trinajstić information content (AvgIpc) is 3.03. The van der Waals surface area contributed by atoms with Gasteiger partial charge in [-0.05, 0) is 60.5 Å². The highest BCUT2D eigenvalue weighted by Crippen LogP contribution is 2.38. The second-order valence-electron chi connectivity index (χ2n) is 9.74. The van der Waals surface area contributed by atoms with Crippen LogP contribution in [0.15, 0.2) is 91.0 Å². The normalized spacial score (nSPS) is 11.2. The number of nitrogens with one attached hydrogen (secondary N) is 3. The number of rotatable bonds is 13. The van der Waals surface area contributed by atoms with E-state index in [1.807, 2.05) is 91.9 Å². The van der Waals surface area contributed by atoms with Crippen molar-refractivity contribution in [2.45, 2.75) is 12.8 Å². The number of ether oxygens (including phenoxy) is 3. The van der Waals surface area contributed by atoms with Gasteiger partial charge >= 0.3 is 0 Å². The number of aryl methyl sites for hydroxylation is 1. The quantitative estimate of drug-likeness (QED) is 0.187. The molecule has 3 N–H and O–H groups in total. The van der Waals surface area contributed by atoms with Crippen LogP contribution in [0.1, 0.15) is 27.4 Å². The molecule has 4 rings (SSSR count). The lowest BCUT2D eigenvalue weighted by Gasteiger charge is -2.19. The molecule has 0 aliphatic carbocycles. The van der Waals surface area contributed by atoms with Crippen molar-refractivity contribution in [1.29, 1.82) is 0 Å². The second kappa shape index (κ2) is 14.6. The molecule has 0 saturated heterocycles. The van der Waals surface area contributed by atoms with Gasteiger partial charge in [-0.1, -0.05) is 54.1 Å². The van der Waals surface area contributed by atoms with Gasteiger partial charge in [0.1, 0.15) is 5.75 Å². The molecule has 0 bridgehead atoms. The smallest absolute Gasteiger partial charge is 0.251 e. The van der Waals surface area contributed by atoms with Gasteiger partial charge in [0.15, 0.2) is 11.5 Å². The standard InChI is InChI=1S/C34H37N3O5/c1-23-7-5-8-26(21-23)33(38)37-22-30(34(39)36-20-19-35-27-15-17-28(40-2)18-16-27)25-13-11-24(12-14-25)29-9-6-10-31(41-3)32(29)42-4/h5-18,21,30,35H,19-20,22H2,1-4H3,(H,36,39)(H,37,38). The van der Waals surface area contributed by atoms with E-state index in [2.05, 4.69) is 16.0 Å². The topological polar surface area (TPSA) is 97.9 Å². The largest absolute Gasteiger partial charge is 0.497 e. The molecule has 1 atom stereocenters. The Bertz CT molecular complexity index is 1490. The van der Waals surface area contributed by atoms with E-state index in [1.54, 1.807) is 27.4 Å². The monoisotopic (exact) mass is 567 g/mol. The highest BCUT2D eigenvalue weighted by Gasteiger charge is 2.22. The number of hydrogen-bond donors (Lipinski definition) is 3. The number of carbonyl (C=O) groups is 2. The number of amides is 2.